The van der Waals surface area contributed by atoms with E-state index in [0.29, 0.717) is 18.7 Å². The Bertz CT molecular complexity index is 1610. The number of ether oxygens (including phenoxy) is 1. The van der Waals surface area contributed by atoms with Crippen molar-refractivity contribution in [1.82, 2.24) is 34.1 Å². The van der Waals surface area contributed by atoms with Crippen LogP contribution in [0.1, 0.15) is 25.3 Å². The van der Waals surface area contributed by atoms with Crippen LogP contribution in [0.2, 0.25) is 0 Å². The molecule has 1 N–H and O–H groups in total. The van der Waals surface area contributed by atoms with Gasteiger partial charge in [-0.2, -0.15) is 10.2 Å². The predicted molar refractivity (Wildman–Crippen MR) is 144 cm³/mol. The average Bonchev–Trinajstić information content (AvgIpc) is 3.51. The highest BCUT2D eigenvalue weighted by atomic mass is 16.5. The molecule has 1 saturated heterocycles. The van der Waals surface area contributed by atoms with Crippen molar-refractivity contribution in [2.75, 3.05) is 36.4 Å². The smallest absolute Gasteiger partial charge is 0.222 e. The summed E-state index contributed by atoms with van der Waals surface area (Å²) in [4.78, 5) is 25.3. The Morgan fingerprint density at radius 3 is 2.68 bits per heavy atom. The van der Waals surface area contributed by atoms with Crippen LogP contribution in [0.25, 0.3) is 11.2 Å². The van der Waals surface area contributed by atoms with E-state index >= 15 is 0 Å². The first-order valence-corrected chi connectivity index (χ1v) is 12.8. The molecule has 38 heavy (non-hydrogen) atoms. The van der Waals surface area contributed by atoms with Gasteiger partial charge in [0.05, 0.1) is 5.69 Å². The number of hydrogen-bond acceptors (Lipinski definition) is 8. The number of hydrogen-bond donors (Lipinski definition) is 1. The molecule has 11 nitrogen and oxygen atoms in total. The topological polar surface area (TPSA) is 105 Å². The first kappa shape index (κ1) is 23.7. The highest BCUT2D eigenvalue weighted by Gasteiger charge is 2.21. The molecule has 1 amide bonds. The van der Waals surface area contributed by atoms with Crippen LogP contribution < -0.4 is 15.0 Å². The highest BCUT2D eigenvalue weighted by Crippen LogP contribution is 2.32. The van der Waals surface area contributed by atoms with Crippen molar-refractivity contribution in [1.29, 1.82) is 0 Å². The number of amides is 1. The molecule has 5 heterocycles. The number of fused-ring (bicyclic) bond motifs is 2. The molecule has 1 aliphatic rings. The van der Waals surface area contributed by atoms with Gasteiger partial charge in [-0.25, -0.2) is 19.0 Å². The molecule has 0 spiro atoms. The summed E-state index contributed by atoms with van der Waals surface area (Å²) in [5.74, 6) is 2.38. The zero-order chi connectivity index (χ0) is 26.1. The molecule has 0 aliphatic carbocycles. The van der Waals surface area contributed by atoms with E-state index in [-0.39, 0.29) is 5.91 Å². The van der Waals surface area contributed by atoms with Crippen LogP contribution in [0.5, 0.6) is 11.5 Å². The van der Waals surface area contributed by atoms with E-state index in [1.807, 2.05) is 66.0 Å². The largest absolute Gasteiger partial charge is 0.457 e. The van der Waals surface area contributed by atoms with Crippen molar-refractivity contribution in [2.24, 2.45) is 0 Å². The molecule has 4 aromatic heterocycles. The summed E-state index contributed by atoms with van der Waals surface area (Å²) in [5, 5.41) is 12.0. The lowest BCUT2D eigenvalue weighted by Crippen LogP contribution is -2.34. The average molecular weight is 512 g/mol. The van der Waals surface area contributed by atoms with Gasteiger partial charge in [-0.1, -0.05) is 6.92 Å². The van der Waals surface area contributed by atoms with E-state index in [9.17, 15) is 4.79 Å². The van der Waals surface area contributed by atoms with Gasteiger partial charge in [0.2, 0.25) is 5.91 Å². The number of aryl methyl sites for hydroxylation is 1. The van der Waals surface area contributed by atoms with Crippen molar-refractivity contribution in [2.45, 2.75) is 26.7 Å². The molecule has 6 rings (SSSR count). The van der Waals surface area contributed by atoms with Gasteiger partial charge in [0.1, 0.15) is 29.7 Å². The standard InChI is InChI=1S/C27H29N9O2/c1-3-25(37)34-10-4-9-33(13-14-34)22-8-12-36-26(22)27(29-18-31-36)32-20-5-6-23(19(2)15-20)38-21-7-11-35-24(16-21)28-17-30-35/h5-8,11-12,15-18H,3-4,9-10,13-14H2,1-2H3,(H,29,31,32). The Morgan fingerprint density at radius 2 is 1.82 bits per heavy atom. The summed E-state index contributed by atoms with van der Waals surface area (Å²) in [5.41, 5.74) is 4.56. The third-order valence-electron chi connectivity index (χ3n) is 6.84. The molecule has 0 bridgehead atoms. The Hall–Kier alpha value is -4.67. The van der Waals surface area contributed by atoms with Crippen LogP contribution in [0.4, 0.5) is 17.2 Å². The molecular formula is C27H29N9O2. The lowest BCUT2D eigenvalue weighted by Gasteiger charge is -2.23. The fourth-order valence-electron chi connectivity index (χ4n) is 4.88. The zero-order valence-corrected chi connectivity index (χ0v) is 21.4. The fraction of sp³-hybridized carbons (Fsp3) is 0.296. The number of anilines is 3. The predicted octanol–water partition coefficient (Wildman–Crippen LogP) is 4.07. The molecule has 0 unspecified atom stereocenters. The van der Waals surface area contributed by atoms with Crippen molar-refractivity contribution in [3.63, 3.8) is 0 Å². The summed E-state index contributed by atoms with van der Waals surface area (Å²) < 4.78 is 9.65. The molecule has 1 aliphatic heterocycles. The first-order valence-electron chi connectivity index (χ1n) is 12.8. The van der Waals surface area contributed by atoms with E-state index in [2.05, 4.69) is 36.4 Å². The minimum absolute atomic E-state index is 0.209. The van der Waals surface area contributed by atoms with Gasteiger partial charge in [0.15, 0.2) is 11.5 Å². The van der Waals surface area contributed by atoms with E-state index in [1.165, 1.54) is 6.33 Å². The number of carbonyl (C=O) groups excluding carboxylic acids is 1. The van der Waals surface area contributed by atoms with Crippen LogP contribution in [0.15, 0.2) is 61.4 Å². The quantitative estimate of drug-likeness (QED) is 0.364. The van der Waals surface area contributed by atoms with Gasteiger partial charge in [-0.15, -0.1) is 0 Å². The van der Waals surface area contributed by atoms with E-state index in [0.717, 1.165) is 65.7 Å². The summed E-state index contributed by atoms with van der Waals surface area (Å²) in [6.45, 7) is 7.07. The van der Waals surface area contributed by atoms with Gasteiger partial charge in [0, 0.05) is 56.7 Å². The van der Waals surface area contributed by atoms with Crippen LogP contribution in [-0.4, -0.2) is 66.2 Å². The van der Waals surface area contributed by atoms with Crippen molar-refractivity contribution in [3.05, 3.63) is 67.0 Å². The molecular weight excluding hydrogens is 482 g/mol. The first-order chi connectivity index (χ1) is 18.6. The summed E-state index contributed by atoms with van der Waals surface area (Å²) in [6.07, 6.45) is 8.30. The van der Waals surface area contributed by atoms with Crippen molar-refractivity contribution < 1.29 is 9.53 Å². The van der Waals surface area contributed by atoms with Crippen LogP contribution >= 0.6 is 0 Å². The second-order valence-corrected chi connectivity index (χ2v) is 9.31. The lowest BCUT2D eigenvalue weighted by molar-refractivity contribution is -0.130. The summed E-state index contributed by atoms with van der Waals surface area (Å²) in [7, 11) is 0. The van der Waals surface area contributed by atoms with Crippen LogP contribution in [-0.2, 0) is 4.79 Å². The number of nitrogens with zero attached hydrogens (tertiary/aromatic N) is 8. The van der Waals surface area contributed by atoms with E-state index in [1.54, 1.807) is 10.8 Å². The molecule has 194 valence electrons. The second-order valence-electron chi connectivity index (χ2n) is 9.31. The molecule has 5 aromatic rings. The molecule has 1 fully saturated rings. The molecule has 0 atom stereocenters. The highest BCUT2D eigenvalue weighted by molar-refractivity contribution is 5.86. The van der Waals surface area contributed by atoms with Crippen LogP contribution in [0.3, 0.4) is 0 Å². The Morgan fingerprint density at radius 1 is 0.974 bits per heavy atom. The third kappa shape index (κ3) is 4.58. The number of aromatic nitrogens is 6. The molecule has 11 heteroatoms. The van der Waals surface area contributed by atoms with E-state index in [4.69, 9.17) is 4.74 Å². The molecule has 0 saturated carbocycles. The maximum Gasteiger partial charge on any atom is 0.222 e. The van der Waals surface area contributed by atoms with Crippen LogP contribution in [0, 0.1) is 6.92 Å². The monoisotopic (exact) mass is 511 g/mol. The van der Waals surface area contributed by atoms with Gasteiger partial charge >= 0.3 is 0 Å². The Balaban J connectivity index is 1.23. The minimum Gasteiger partial charge on any atom is -0.457 e. The maximum absolute atomic E-state index is 12.2. The third-order valence-corrected chi connectivity index (χ3v) is 6.84. The van der Waals surface area contributed by atoms with Crippen molar-refractivity contribution >= 4 is 34.3 Å². The molecule has 0 radical (unpaired) electrons. The fourth-order valence-corrected chi connectivity index (χ4v) is 4.88. The Kier molecular flexibility index (Phi) is 6.24. The van der Waals surface area contributed by atoms with Gasteiger partial charge in [0.25, 0.3) is 0 Å². The van der Waals surface area contributed by atoms with Gasteiger partial charge in [-0.05, 0) is 49.2 Å². The second kappa shape index (κ2) is 10.0. The number of benzene rings is 1. The SMILES string of the molecule is CCC(=O)N1CCCN(c2ccn3ncnc(Nc4ccc(Oc5ccn6ncnc6c5)c(C)c4)c23)CC1. The van der Waals surface area contributed by atoms with E-state index < -0.39 is 0 Å². The van der Waals surface area contributed by atoms with Crippen molar-refractivity contribution in [3.8, 4) is 11.5 Å². The summed E-state index contributed by atoms with van der Waals surface area (Å²) >= 11 is 0. The normalized spacial score (nSPS) is 14.2. The molecule has 1 aromatic carbocycles. The number of carbonyl (C=O) groups is 1. The number of nitrogens with one attached hydrogen (secondary N) is 1. The van der Waals surface area contributed by atoms with Gasteiger partial charge in [-0.3, -0.25) is 4.79 Å². The Labute approximate surface area is 219 Å². The van der Waals surface area contributed by atoms with Gasteiger partial charge < -0.3 is 19.9 Å². The number of pyridine rings is 1. The lowest BCUT2D eigenvalue weighted by atomic mass is 10.2. The maximum atomic E-state index is 12.2. The number of rotatable bonds is 6. The minimum atomic E-state index is 0.209. The summed E-state index contributed by atoms with van der Waals surface area (Å²) in [6, 6.07) is 11.7. The zero-order valence-electron chi connectivity index (χ0n) is 21.4.